The first-order valence-electron chi connectivity index (χ1n) is 6.16. The number of hydrogen-bond acceptors (Lipinski definition) is 2. The number of benzene rings is 1. The van der Waals surface area contributed by atoms with Crippen molar-refractivity contribution >= 4 is 21.9 Å². The Bertz CT molecular complexity index is 426. The standard InChI is InChI=1S/C14H17BrO2/c1-2-17-14(16)9-12-7-10-5-3-4-6-11(10)8-13(12)15/h7-8H,2-6,9H2,1H3. The molecule has 0 atom stereocenters. The van der Waals surface area contributed by atoms with Gasteiger partial charge in [-0.15, -0.1) is 0 Å². The van der Waals surface area contributed by atoms with Crippen molar-refractivity contribution in [2.75, 3.05) is 6.61 Å². The molecular formula is C14H17BrO2. The molecule has 92 valence electrons. The Balaban J connectivity index is 2.19. The third-order valence-corrected chi connectivity index (χ3v) is 3.89. The maximum absolute atomic E-state index is 11.5. The first-order valence-corrected chi connectivity index (χ1v) is 6.95. The third-order valence-electron chi connectivity index (χ3n) is 3.15. The highest BCUT2D eigenvalue weighted by Crippen LogP contribution is 2.28. The third kappa shape index (κ3) is 3.09. The fourth-order valence-electron chi connectivity index (χ4n) is 2.31. The Morgan fingerprint density at radius 2 is 1.94 bits per heavy atom. The van der Waals surface area contributed by atoms with Crippen LogP contribution in [0.5, 0.6) is 0 Å². The lowest BCUT2D eigenvalue weighted by Gasteiger charge is -2.17. The van der Waals surface area contributed by atoms with Gasteiger partial charge in [0, 0.05) is 4.47 Å². The summed E-state index contributed by atoms with van der Waals surface area (Å²) in [6.45, 7) is 2.28. The molecule has 1 aliphatic rings. The summed E-state index contributed by atoms with van der Waals surface area (Å²) >= 11 is 3.55. The second-order valence-electron chi connectivity index (χ2n) is 4.40. The maximum Gasteiger partial charge on any atom is 0.310 e. The molecule has 1 aromatic rings. The predicted octanol–water partition coefficient (Wildman–Crippen LogP) is 3.43. The molecule has 2 nitrogen and oxygen atoms in total. The Hall–Kier alpha value is -0.830. The van der Waals surface area contributed by atoms with E-state index in [9.17, 15) is 4.79 Å². The maximum atomic E-state index is 11.5. The summed E-state index contributed by atoms with van der Waals surface area (Å²) in [7, 11) is 0. The molecule has 0 spiro atoms. The summed E-state index contributed by atoms with van der Waals surface area (Å²) < 4.78 is 6.02. The zero-order chi connectivity index (χ0) is 12.3. The van der Waals surface area contributed by atoms with Crippen LogP contribution in [0, 0.1) is 0 Å². The van der Waals surface area contributed by atoms with E-state index in [1.165, 1.54) is 24.0 Å². The van der Waals surface area contributed by atoms with E-state index in [0.29, 0.717) is 13.0 Å². The Kier molecular flexibility index (Phi) is 4.21. The quantitative estimate of drug-likeness (QED) is 0.799. The Morgan fingerprint density at radius 3 is 2.59 bits per heavy atom. The van der Waals surface area contributed by atoms with E-state index < -0.39 is 0 Å². The van der Waals surface area contributed by atoms with Gasteiger partial charge in [-0.25, -0.2) is 0 Å². The molecule has 0 aliphatic heterocycles. The van der Waals surface area contributed by atoms with E-state index in [-0.39, 0.29) is 5.97 Å². The van der Waals surface area contributed by atoms with Gasteiger partial charge in [0.1, 0.15) is 0 Å². The van der Waals surface area contributed by atoms with Gasteiger partial charge in [-0.1, -0.05) is 22.0 Å². The number of rotatable bonds is 3. The molecule has 0 bridgehead atoms. The van der Waals surface area contributed by atoms with Gasteiger partial charge in [0.25, 0.3) is 0 Å². The molecule has 0 amide bonds. The summed E-state index contributed by atoms with van der Waals surface area (Å²) in [6.07, 6.45) is 5.19. The van der Waals surface area contributed by atoms with Crippen LogP contribution >= 0.6 is 15.9 Å². The Labute approximate surface area is 110 Å². The van der Waals surface area contributed by atoms with Crippen LogP contribution in [0.1, 0.15) is 36.5 Å². The fourth-order valence-corrected chi connectivity index (χ4v) is 2.84. The number of hydrogen-bond donors (Lipinski definition) is 0. The van der Waals surface area contributed by atoms with Gasteiger partial charge in [0.2, 0.25) is 0 Å². The van der Waals surface area contributed by atoms with Crippen LogP contribution < -0.4 is 0 Å². The molecule has 1 aliphatic carbocycles. The van der Waals surface area contributed by atoms with Crippen LogP contribution in [-0.2, 0) is 28.8 Å². The highest BCUT2D eigenvalue weighted by atomic mass is 79.9. The van der Waals surface area contributed by atoms with Gasteiger partial charge in [0.15, 0.2) is 0 Å². The number of esters is 1. The number of ether oxygens (including phenoxy) is 1. The summed E-state index contributed by atoms with van der Waals surface area (Å²) in [6, 6.07) is 4.33. The van der Waals surface area contributed by atoms with Crippen molar-refractivity contribution in [1.82, 2.24) is 0 Å². The van der Waals surface area contributed by atoms with Crippen molar-refractivity contribution in [3.8, 4) is 0 Å². The van der Waals surface area contributed by atoms with Crippen LogP contribution in [-0.4, -0.2) is 12.6 Å². The highest BCUT2D eigenvalue weighted by Gasteiger charge is 2.14. The summed E-state index contributed by atoms with van der Waals surface area (Å²) in [5, 5.41) is 0. The van der Waals surface area contributed by atoms with Crippen LogP contribution in [0.25, 0.3) is 0 Å². The van der Waals surface area contributed by atoms with Gasteiger partial charge in [-0.05, 0) is 55.4 Å². The normalized spacial score (nSPS) is 14.2. The number of aryl methyl sites for hydroxylation is 2. The molecule has 0 fully saturated rings. The highest BCUT2D eigenvalue weighted by molar-refractivity contribution is 9.10. The average Bonchev–Trinajstić information content (AvgIpc) is 2.30. The molecule has 0 unspecified atom stereocenters. The summed E-state index contributed by atoms with van der Waals surface area (Å²) in [5.41, 5.74) is 3.87. The zero-order valence-corrected chi connectivity index (χ0v) is 11.7. The van der Waals surface area contributed by atoms with E-state index in [1.54, 1.807) is 0 Å². The Morgan fingerprint density at radius 1 is 1.29 bits per heavy atom. The van der Waals surface area contributed by atoms with Gasteiger partial charge < -0.3 is 4.74 Å². The van der Waals surface area contributed by atoms with E-state index in [4.69, 9.17) is 4.74 Å². The second kappa shape index (κ2) is 5.67. The lowest BCUT2D eigenvalue weighted by molar-refractivity contribution is -0.142. The fraction of sp³-hybridized carbons (Fsp3) is 0.500. The van der Waals surface area contributed by atoms with E-state index in [0.717, 1.165) is 22.9 Å². The largest absolute Gasteiger partial charge is 0.466 e. The van der Waals surface area contributed by atoms with Gasteiger partial charge in [0.05, 0.1) is 13.0 Å². The van der Waals surface area contributed by atoms with E-state index in [1.807, 2.05) is 6.92 Å². The zero-order valence-electron chi connectivity index (χ0n) is 10.1. The molecule has 1 aromatic carbocycles. The molecule has 3 heteroatoms. The van der Waals surface area contributed by atoms with Crippen molar-refractivity contribution in [3.63, 3.8) is 0 Å². The van der Waals surface area contributed by atoms with Crippen LogP contribution in [0.4, 0.5) is 0 Å². The average molecular weight is 297 g/mol. The van der Waals surface area contributed by atoms with Crippen LogP contribution in [0.15, 0.2) is 16.6 Å². The van der Waals surface area contributed by atoms with Crippen molar-refractivity contribution in [2.24, 2.45) is 0 Å². The van der Waals surface area contributed by atoms with E-state index in [2.05, 4.69) is 28.1 Å². The summed E-state index contributed by atoms with van der Waals surface area (Å²) in [5.74, 6) is -0.149. The van der Waals surface area contributed by atoms with Crippen molar-refractivity contribution in [3.05, 3.63) is 33.3 Å². The van der Waals surface area contributed by atoms with Gasteiger partial charge >= 0.3 is 5.97 Å². The number of halogens is 1. The van der Waals surface area contributed by atoms with Gasteiger partial charge in [-0.2, -0.15) is 0 Å². The minimum absolute atomic E-state index is 0.149. The second-order valence-corrected chi connectivity index (χ2v) is 5.26. The molecule has 0 radical (unpaired) electrons. The monoisotopic (exact) mass is 296 g/mol. The molecule has 17 heavy (non-hydrogen) atoms. The minimum atomic E-state index is -0.149. The lowest BCUT2D eigenvalue weighted by Crippen LogP contribution is -2.10. The van der Waals surface area contributed by atoms with E-state index >= 15 is 0 Å². The topological polar surface area (TPSA) is 26.3 Å². The smallest absolute Gasteiger partial charge is 0.310 e. The molecule has 0 heterocycles. The lowest BCUT2D eigenvalue weighted by atomic mass is 9.90. The SMILES string of the molecule is CCOC(=O)Cc1cc2c(cc1Br)CCCC2. The number of fused-ring (bicyclic) bond motifs is 1. The minimum Gasteiger partial charge on any atom is -0.466 e. The molecule has 2 rings (SSSR count). The number of carbonyl (C=O) groups is 1. The molecule has 0 saturated carbocycles. The molecular weight excluding hydrogens is 280 g/mol. The first-order chi connectivity index (χ1) is 8.20. The first kappa shape index (κ1) is 12.6. The molecule has 0 aromatic heterocycles. The predicted molar refractivity (Wildman–Crippen MR) is 71.1 cm³/mol. The van der Waals surface area contributed by atoms with Crippen LogP contribution in [0.2, 0.25) is 0 Å². The van der Waals surface area contributed by atoms with Crippen LogP contribution in [0.3, 0.4) is 0 Å². The van der Waals surface area contributed by atoms with Crippen molar-refractivity contribution in [2.45, 2.75) is 39.0 Å². The summed E-state index contributed by atoms with van der Waals surface area (Å²) in [4.78, 5) is 11.5. The number of carbonyl (C=O) groups excluding carboxylic acids is 1. The van der Waals surface area contributed by atoms with Crippen molar-refractivity contribution in [1.29, 1.82) is 0 Å². The molecule has 0 saturated heterocycles. The van der Waals surface area contributed by atoms with Gasteiger partial charge in [-0.3, -0.25) is 4.79 Å². The van der Waals surface area contributed by atoms with Crippen molar-refractivity contribution < 1.29 is 9.53 Å². The molecule has 0 N–H and O–H groups in total.